The zero-order chi connectivity index (χ0) is 38.0. The zero-order valence-corrected chi connectivity index (χ0v) is 31.5. The molecule has 0 aliphatic carbocycles. The number of anilines is 3. The van der Waals surface area contributed by atoms with E-state index in [9.17, 15) is 0 Å². The summed E-state index contributed by atoms with van der Waals surface area (Å²) in [6, 6.07) is 85.6. The minimum Gasteiger partial charge on any atom is -0.310 e. The predicted octanol–water partition coefficient (Wildman–Crippen LogP) is 15.8. The highest BCUT2D eigenvalue weighted by atomic mass is 15.1. The second kappa shape index (κ2) is 15.0. The molecule has 0 heterocycles. The quantitative estimate of drug-likeness (QED) is 0.151. The fourth-order valence-electron chi connectivity index (χ4n) is 8.30. The minimum absolute atomic E-state index is 1.09. The van der Waals surface area contributed by atoms with Gasteiger partial charge in [0.2, 0.25) is 0 Å². The second-order valence-corrected chi connectivity index (χ2v) is 14.5. The summed E-state index contributed by atoms with van der Waals surface area (Å²) in [5.74, 6) is 0. The normalized spacial score (nSPS) is 11.2. The van der Waals surface area contributed by atoms with Crippen molar-refractivity contribution in [3.8, 4) is 55.6 Å². The van der Waals surface area contributed by atoms with Crippen LogP contribution in [0.1, 0.15) is 0 Å². The molecule has 0 N–H and O–H groups in total. The van der Waals surface area contributed by atoms with Crippen LogP contribution in [0.25, 0.3) is 77.2 Å². The molecule has 0 aromatic heterocycles. The third kappa shape index (κ3) is 6.56. The Balaban J connectivity index is 1.11. The Labute approximate surface area is 334 Å². The maximum atomic E-state index is 2.41. The first-order valence-corrected chi connectivity index (χ1v) is 19.6. The van der Waals surface area contributed by atoms with E-state index < -0.39 is 0 Å². The molecular weight excluding hydrogens is 687 g/mol. The van der Waals surface area contributed by atoms with Crippen molar-refractivity contribution in [3.63, 3.8) is 0 Å². The Morgan fingerprint density at radius 1 is 0.228 bits per heavy atom. The van der Waals surface area contributed by atoms with Gasteiger partial charge in [0.05, 0.1) is 5.69 Å². The van der Waals surface area contributed by atoms with E-state index >= 15 is 0 Å². The summed E-state index contributed by atoms with van der Waals surface area (Å²) in [7, 11) is 0. The SMILES string of the molecule is c1ccc(-c2ccc(-c3ccc(N(c4ccc(-c5cccc6ccccc56)cc4)c4ccccc4-c4cccc5cccc(-c6ccccc6)c45)cc3)cc2)cc1. The van der Waals surface area contributed by atoms with Crippen molar-refractivity contribution in [1.82, 2.24) is 0 Å². The molecule has 0 atom stereocenters. The van der Waals surface area contributed by atoms with Crippen LogP contribution in [0.3, 0.4) is 0 Å². The van der Waals surface area contributed by atoms with Crippen molar-refractivity contribution < 1.29 is 0 Å². The van der Waals surface area contributed by atoms with Gasteiger partial charge in [-0.1, -0.05) is 206 Å². The van der Waals surface area contributed by atoms with Crippen LogP contribution >= 0.6 is 0 Å². The fraction of sp³-hybridized carbons (Fsp3) is 0. The average molecular weight is 726 g/mol. The van der Waals surface area contributed by atoms with Gasteiger partial charge in [-0.15, -0.1) is 0 Å². The van der Waals surface area contributed by atoms with E-state index in [1.165, 1.54) is 77.2 Å². The summed E-state index contributed by atoms with van der Waals surface area (Å²) in [5.41, 5.74) is 15.4. The lowest BCUT2D eigenvalue weighted by Gasteiger charge is -2.29. The van der Waals surface area contributed by atoms with Crippen LogP contribution < -0.4 is 4.90 Å². The van der Waals surface area contributed by atoms with Crippen molar-refractivity contribution in [1.29, 1.82) is 0 Å². The molecule has 57 heavy (non-hydrogen) atoms. The number of para-hydroxylation sites is 1. The lowest BCUT2D eigenvalue weighted by Crippen LogP contribution is -2.11. The van der Waals surface area contributed by atoms with Crippen LogP contribution in [-0.2, 0) is 0 Å². The van der Waals surface area contributed by atoms with Gasteiger partial charge in [-0.05, 0) is 102 Å². The number of benzene rings is 10. The standard InChI is InChI=1S/C56H39N/c1-3-14-40(15-4-1)41-28-30-42(31-29-41)43-32-36-48(37-33-43)57(49-38-34-46(35-39-49)51-24-11-19-44-18-7-8-22-50(44)51)55-27-10-9-23-53(55)54-26-13-21-47-20-12-25-52(56(47)54)45-16-5-2-6-17-45/h1-39H. The molecule has 0 aliphatic heterocycles. The molecule has 0 aliphatic rings. The molecule has 0 bridgehead atoms. The fourth-order valence-corrected chi connectivity index (χ4v) is 8.30. The van der Waals surface area contributed by atoms with Gasteiger partial charge in [-0.25, -0.2) is 0 Å². The molecule has 0 radical (unpaired) electrons. The second-order valence-electron chi connectivity index (χ2n) is 14.5. The molecule has 10 aromatic carbocycles. The molecule has 1 nitrogen and oxygen atoms in total. The maximum absolute atomic E-state index is 2.41. The molecule has 0 fully saturated rings. The van der Waals surface area contributed by atoms with Gasteiger partial charge in [0.15, 0.2) is 0 Å². The first-order chi connectivity index (χ1) is 28.3. The van der Waals surface area contributed by atoms with Crippen molar-refractivity contribution in [2.45, 2.75) is 0 Å². The molecule has 0 amide bonds. The summed E-state index contributed by atoms with van der Waals surface area (Å²) in [5, 5.41) is 4.97. The predicted molar refractivity (Wildman–Crippen MR) is 243 cm³/mol. The Hall–Kier alpha value is -7.48. The van der Waals surface area contributed by atoms with Crippen LogP contribution in [0.2, 0.25) is 0 Å². The monoisotopic (exact) mass is 725 g/mol. The molecular formula is C56H39N. The Morgan fingerprint density at radius 3 is 1.28 bits per heavy atom. The smallest absolute Gasteiger partial charge is 0.0540 e. The van der Waals surface area contributed by atoms with Gasteiger partial charge >= 0.3 is 0 Å². The van der Waals surface area contributed by atoms with E-state index in [-0.39, 0.29) is 0 Å². The first-order valence-electron chi connectivity index (χ1n) is 19.6. The van der Waals surface area contributed by atoms with E-state index in [1.54, 1.807) is 0 Å². The summed E-state index contributed by atoms with van der Waals surface area (Å²) in [4.78, 5) is 2.41. The molecule has 1 heteroatoms. The maximum Gasteiger partial charge on any atom is 0.0540 e. The van der Waals surface area contributed by atoms with Crippen LogP contribution in [0, 0.1) is 0 Å². The molecule has 0 saturated carbocycles. The summed E-state index contributed by atoms with van der Waals surface area (Å²) < 4.78 is 0. The highest BCUT2D eigenvalue weighted by Crippen LogP contribution is 2.45. The number of hydrogen-bond donors (Lipinski definition) is 0. The van der Waals surface area contributed by atoms with Gasteiger partial charge in [-0.3, -0.25) is 0 Å². The Bertz CT molecular complexity index is 2950. The number of fused-ring (bicyclic) bond motifs is 2. The Morgan fingerprint density at radius 2 is 0.632 bits per heavy atom. The third-order valence-corrected chi connectivity index (χ3v) is 11.1. The summed E-state index contributed by atoms with van der Waals surface area (Å²) in [6.45, 7) is 0. The lowest BCUT2D eigenvalue weighted by atomic mass is 9.90. The highest BCUT2D eigenvalue weighted by Gasteiger charge is 2.20. The van der Waals surface area contributed by atoms with E-state index in [0.717, 1.165) is 17.1 Å². The van der Waals surface area contributed by atoms with E-state index in [2.05, 4.69) is 241 Å². The van der Waals surface area contributed by atoms with Crippen molar-refractivity contribution >= 4 is 38.6 Å². The summed E-state index contributed by atoms with van der Waals surface area (Å²) >= 11 is 0. The van der Waals surface area contributed by atoms with Crippen LogP contribution in [0.15, 0.2) is 237 Å². The highest BCUT2D eigenvalue weighted by molar-refractivity contribution is 6.09. The zero-order valence-electron chi connectivity index (χ0n) is 31.5. The summed E-state index contributed by atoms with van der Waals surface area (Å²) in [6.07, 6.45) is 0. The molecule has 0 saturated heterocycles. The van der Waals surface area contributed by atoms with Gasteiger partial charge < -0.3 is 4.90 Å². The van der Waals surface area contributed by atoms with Crippen LogP contribution in [0.4, 0.5) is 17.1 Å². The van der Waals surface area contributed by atoms with Gasteiger partial charge in [-0.2, -0.15) is 0 Å². The average Bonchev–Trinajstić information content (AvgIpc) is 3.30. The van der Waals surface area contributed by atoms with Crippen molar-refractivity contribution in [2.75, 3.05) is 4.90 Å². The Kier molecular flexibility index (Phi) is 8.95. The van der Waals surface area contributed by atoms with Crippen LogP contribution in [-0.4, -0.2) is 0 Å². The van der Waals surface area contributed by atoms with E-state index in [4.69, 9.17) is 0 Å². The van der Waals surface area contributed by atoms with Crippen molar-refractivity contribution in [3.05, 3.63) is 237 Å². The van der Waals surface area contributed by atoms with E-state index in [1.807, 2.05) is 0 Å². The minimum atomic E-state index is 1.09. The third-order valence-electron chi connectivity index (χ3n) is 11.1. The molecule has 268 valence electrons. The molecule has 10 rings (SSSR count). The van der Waals surface area contributed by atoms with E-state index in [0.29, 0.717) is 0 Å². The number of rotatable bonds is 8. The van der Waals surface area contributed by atoms with Crippen molar-refractivity contribution in [2.24, 2.45) is 0 Å². The number of hydrogen-bond acceptors (Lipinski definition) is 1. The molecule has 0 unspecified atom stereocenters. The lowest BCUT2D eigenvalue weighted by molar-refractivity contribution is 1.28. The van der Waals surface area contributed by atoms with Gasteiger partial charge in [0.25, 0.3) is 0 Å². The molecule has 10 aromatic rings. The van der Waals surface area contributed by atoms with Gasteiger partial charge in [0, 0.05) is 16.9 Å². The topological polar surface area (TPSA) is 3.24 Å². The number of nitrogens with zero attached hydrogens (tertiary/aromatic N) is 1. The first kappa shape index (κ1) is 34.0. The largest absolute Gasteiger partial charge is 0.310 e. The van der Waals surface area contributed by atoms with Crippen LogP contribution in [0.5, 0.6) is 0 Å². The van der Waals surface area contributed by atoms with Gasteiger partial charge in [0.1, 0.15) is 0 Å². The molecule has 0 spiro atoms.